The van der Waals surface area contributed by atoms with Crippen LogP contribution in [0.15, 0.2) is 34.8 Å². The summed E-state index contributed by atoms with van der Waals surface area (Å²) in [5.41, 5.74) is -3.84. The van der Waals surface area contributed by atoms with Gasteiger partial charge in [-0.1, -0.05) is 26.8 Å². The summed E-state index contributed by atoms with van der Waals surface area (Å²) in [6.07, 6.45) is 0.872. The van der Waals surface area contributed by atoms with E-state index < -0.39 is 50.9 Å². The number of ketones is 3. The highest BCUT2D eigenvalue weighted by atomic mass is 16.3. The number of aliphatic hydroxyl groups is 3. The molecule has 0 aliphatic heterocycles. The molecule has 4 rings (SSSR count). The molecule has 0 bridgehead atoms. The molecule has 3 aliphatic carbocycles. The summed E-state index contributed by atoms with van der Waals surface area (Å²) in [6.45, 7) is 6.38. The maximum atomic E-state index is 13.5. The molecule has 1 aromatic carbocycles. The third-order valence-corrected chi connectivity index (χ3v) is 7.38. The van der Waals surface area contributed by atoms with E-state index in [1.807, 2.05) is 6.92 Å². The van der Waals surface area contributed by atoms with Crippen molar-refractivity contribution >= 4 is 17.3 Å². The van der Waals surface area contributed by atoms with Crippen LogP contribution in [0.1, 0.15) is 62.0 Å². The van der Waals surface area contributed by atoms with E-state index in [0.717, 1.165) is 12.5 Å². The minimum absolute atomic E-state index is 0.0685. The number of fused-ring (bicyclic) bond motifs is 3. The summed E-state index contributed by atoms with van der Waals surface area (Å²) in [4.78, 5) is 38.7. The van der Waals surface area contributed by atoms with Gasteiger partial charge < -0.3 is 20.4 Å². The SMILES string of the molecule is CCc1ccc(O)c2c1C[C@]1(C)C[C@]3(C)CC(O)=C(C(C)=O)C(=O)[C@]3(O)C(O)=C1C2=O. The Morgan fingerprint density at radius 2 is 1.74 bits per heavy atom. The molecule has 0 aromatic heterocycles. The molecule has 0 radical (unpaired) electrons. The van der Waals surface area contributed by atoms with E-state index in [-0.39, 0.29) is 29.7 Å². The summed E-state index contributed by atoms with van der Waals surface area (Å²) in [7, 11) is 0. The van der Waals surface area contributed by atoms with Gasteiger partial charge in [0.15, 0.2) is 17.2 Å². The highest BCUT2D eigenvalue weighted by Gasteiger charge is 2.67. The fourth-order valence-electron chi connectivity index (χ4n) is 6.05. The maximum Gasteiger partial charge on any atom is 0.209 e. The fraction of sp³-hybridized carbons (Fsp3) is 0.458. The van der Waals surface area contributed by atoms with Crippen LogP contribution in [0.25, 0.3) is 0 Å². The van der Waals surface area contributed by atoms with Crippen LogP contribution in [-0.4, -0.2) is 43.4 Å². The van der Waals surface area contributed by atoms with Crippen LogP contribution in [0.3, 0.4) is 0 Å². The second-order valence-corrected chi connectivity index (χ2v) is 9.57. The number of aryl methyl sites for hydroxylation is 1. The topological polar surface area (TPSA) is 132 Å². The number of rotatable bonds is 2. The van der Waals surface area contributed by atoms with E-state index >= 15 is 0 Å². The van der Waals surface area contributed by atoms with Gasteiger partial charge in [0.05, 0.1) is 5.56 Å². The van der Waals surface area contributed by atoms with Crippen molar-refractivity contribution < 1.29 is 34.8 Å². The monoisotopic (exact) mass is 426 g/mol. The third-order valence-electron chi connectivity index (χ3n) is 7.38. The zero-order chi connectivity index (χ0) is 23.1. The first-order valence-electron chi connectivity index (χ1n) is 10.3. The number of phenolic OH excluding ortho intramolecular Hbond substituents is 1. The first-order chi connectivity index (χ1) is 14.3. The van der Waals surface area contributed by atoms with E-state index in [1.165, 1.54) is 6.07 Å². The summed E-state index contributed by atoms with van der Waals surface area (Å²) < 4.78 is 0. The third kappa shape index (κ3) is 2.47. The van der Waals surface area contributed by atoms with Gasteiger partial charge in [-0.15, -0.1) is 0 Å². The molecule has 31 heavy (non-hydrogen) atoms. The predicted octanol–water partition coefficient (Wildman–Crippen LogP) is 3.03. The molecule has 0 saturated heterocycles. The Hall–Kier alpha value is -2.93. The quantitative estimate of drug-likeness (QED) is 0.534. The lowest BCUT2D eigenvalue weighted by Crippen LogP contribution is -2.63. The minimum atomic E-state index is -2.53. The molecule has 7 heteroatoms. The molecule has 0 heterocycles. The Morgan fingerprint density at radius 3 is 2.32 bits per heavy atom. The molecule has 164 valence electrons. The highest BCUT2D eigenvalue weighted by molar-refractivity contribution is 6.25. The second kappa shape index (κ2) is 6.29. The number of aliphatic hydroxyl groups excluding tert-OH is 2. The first kappa shape index (κ1) is 21.3. The molecule has 1 aromatic rings. The van der Waals surface area contributed by atoms with Crippen LogP contribution in [0.2, 0.25) is 0 Å². The van der Waals surface area contributed by atoms with Crippen molar-refractivity contribution in [1.29, 1.82) is 0 Å². The average Bonchev–Trinajstić information content (AvgIpc) is 2.64. The second-order valence-electron chi connectivity index (χ2n) is 9.57. The van der Waals surface area contributed by atoms with Crippen LogP contribution >= 0.6 is 0 Å². The lowest BCUT2D eigenvalue weighted by atomic mass is 9.48. The predicted molar refractivity (Wildman–Crippen MR) is 111 cm³/mol. The lowest BCUT2D eigenvalue weighted by molar-refractivity contribution is -0.158. The van der Waals surface area contributed by atoms with Crippen LogP contribution in [0, 0.1) is 10.8 Å². The molecule has 3 atom stereocenters. The van der Waals surface area contributed by atoms with Gasteiger partial charge >= 0.3 is 0 Å². The van der Waals surface area contributed by atoms with Gasteiger partial charge in [0.25, 0.3) is 0 Å². The summed E-state index contributed by atoms with van der Waals surface area (Å²) >= 11 is 0. The number of hydrogen-bond acceptors (Lipinski definition) is 7. The Bertz CT molecular complexity index is 1140. The number of carbonyl (C=O) groups is 3. The van der Waals surface area contributed by atoms with Gasteiger partial charge in [-0.25, -0.2) is 0 Å². The van der Waals surface area contributed by atoms with Gasteiger partial charge in [0.1, 0.15) is 22.8 Å². The van der Waals surface area contributed by atoms with E-state index in [4.69, 9.17) is 0 Å². The van der Waals surface area contributed by atoms with Crippen molar-refractivity contribution in [3.05, 3.63) is 51.5 Å². The molecular formula is C24H26O7. The standard InChI is InChI=1S/C24H26O7/c1-5-12-6-7-14(26)17-13(12)8-22(3)10-23(4)9-15(27)16(11(2)25)20(29)24(23,31)21(30)18(22)19(17)28/h6-7,26-27,30-31H,5,8-10H2,1-4H3/t22-,23+,24+/m1/s1. The van der Waals surface area contributed by atoms with Crippen molar-refractivity contribution in [1.82, 2.24) is 0 Å². The molecular weight excluding hydrogens is 400 g/mol. The molecule has 3 aliphatic rings. The average molecular weight is 426 g/mol. The van der Waals surface area contributed by atoms with Gasteiger partial charge in [0, 0.05) is 22.8 Å². The lowest BCUT2D eigenvalue weighted by Gasteiger charge is -2.56. The smallest absolute Gasteiger partial charge is 0.209 e. The van der Waals surface area contributed by atoms with Gasteiger partial charge in [-0.3, -0.25) is 14.4 Å². The van der Waals surface area contributed by atoms with Crippen molar-refractivity contribution in [2.24, 2.45) is 10.8 Å². The maximum absolute atomic E-state index is 13.5. The number of phenols is 1. The van der Waals surface area contributed by atoms with Crippen molar-refractivity contribution in [2.45, 2.75) is 59.0 Å². The number of benzene rings is 1. The molecule has 4 N–H and O–H groups in total. The van der Waals surface area contributed by atoms with Crippen LogP contribution in [-0.2, 0) is 22.4 Å². The van der Waals surface area contributed by atoms with Crippen molar-refractivity contribution in [3.63, 3.8) is 0 Å². The van der Waals surface area contributed by atoms with Gasteiger partial charge in [0.2, 0.25) is 5.78 Å². The minimum Gasteiger partial charge on any atom is -0.511 e. The Kier molecular flexibility index (Phi) is 4.33. The normalized spacial score (nSPS) is 32.5. The van der Waals surface area contributed by atoms with Gasteiger partial charge in [-0.05, 0) is 43.4 Å². The number of hydrogen-bond donors (Lipinski definition) is 4. The summed E-state index contributed by atoms with van der Waals surface area (Å²) in [5, 5.41) is 43.7. The number of carbonyl (C=O) groups excluding carboxylic acids is 3. The molecule has 0 saturated carbocycles. The van der Waals surface area contributed by atoms with E-state index in [1.54, 1.807) is 19.9 Å². The fourth-order valence-corrected chi connectivity index (χ4v) is 6.05. The molecule has 0 amide bonds. The summed E-state index contributed by atoms with van der Waals surface area (Å²) in [6, 6.07) is 3.19. The van der Waals surface area contributed by atoms with E-state index in [0.29, 0.717) is 18.4 Å². The zero-order valence-electron chi connectivity index (χ0n) is 18.0. The Morgan fingerprint density at radius 1 is 1.10 bits per heavy atom. The summed E-state index contributed by atoms with van der Waals surface area (Å²) in [5.74, 6) is -3.91. The molecule has 0 fully saturated rings. The molecule has 0 spiro atoms. The van der Waals surface area contributed by atoms with Gasteiger partial charge in [-0.2, -0.15) is 0 Å². The van der Waals surface area contributed by atoms with Crippen molar-refractivity contribution in [2.75, 3.05) is 0 Å². The van der Waals surface area contributed by atoms with Crippen LogP contribution in [0.4, 0.5) is 0 Å². The number of aromatic hydroxyl groups is 1. The highest BCUT2D eigenvalue weighted by Crippen LogP contribution is 2.62. The molecule has 7 nitrogen and oxygen atoms in total. The Balaban J connectivity index is 2.03. The number of Topliss-reactive ketones (excluding diaryl/α,β-unsaturated/α-hetero) is 3. The van der Waals surface area contributed by atoms with Crippen LogP contribution in [0.5, 0.6) is 5.75 Å². The molecule has 0 unspecified atom stereocenters. The largest absolute Gasteiger partial charge is 0.511 e. The first-order valence-corrected chi connectivity index (χ1v) is 10.3. The van der Waals surface area contributed by atoms with E-state index in [9.17, 15) is 34.8 Å². The van der Waals surface area contributed by atoms with Crippen LogP contribution < -0.4 is 0 Å². The van der Waals surface area contributed by atoms with Crippen molar-refractivity contribution in [3.8, 4) is 5.75 Å². The van der Waals surface area contributed by atoms with E-state index in [2.05, 4.69) is 0 Å². The number of allylic oxidation sites excluding steroid dienone is 2. The zero-order valence-corrected chi connectivity index (χ0v) is 18.0. The Labute approximate surface area is 179 Å².